The van der Waals surface area contributed by atoms with Gasteiger partial charge in [0.1, 0.15) is 10.6 Å². The van der Waals surface area contributed by atoms with Crippen molar-refractivity contribution in [3.8, 4) is 0 Å². The zero-order valence-electron chi connectivity index (χ0n) is 15.0. The number of rotatable bonds is 5. The highest BCUT2D eigenvalue weighted by molar-refractivity contribution is 7.89. The lowest BCUT2D eigenvalue weighted by atomic mass is 9.74. The van der Waals surface area contributed by atoms with Crippen LogP contribution < -0.4 is 0 Å². The molecule has 2 saturated heterocycles. The van der Waals surface area contributed by atoms with Gasteiger partial charge in [-0.15, -0.1) is 0 Å². The van der Waals surface area contributed by atoms with Gasteiger partial charge in [0, 0.05) is 26.3 Å². The van der Waals surface area contributed by atoms with Crippen molar-refractivity contribution in [1.29, 1.82) is 0 Å². The van der Waals surface area contributed by atoms with Gasteiger partial charge in [0.15, 0.2) is 5.76 Å². The van der Waals surface area contributed by atoms with Gasteiger partial charge in [-0.3, -0.25) is 0 Å². The van der Waals surface area contributed by atoms with Crippen LogP contribution in [0, 0.1) is 19.3 Å². The van der Waals surface area contributed by atoms with Crippen LogP contribution in [-0.2, 0) is 14.8 Å². The lowest BCUT2D eigenvalue weighted by Crippen LogP contribution is -2.46. The second kappa shape index (κ2) is 7.34. The van der Waals surface area contributed by atoms with E-state index in [0.29, 0.717) is 37.4 Å². The molecule has 3 heterocycles. The first-order chi connectivity index (χ1) is 11.9. The van der Waals surface area contributed by atoms with E-state index in [-0.39, 0.29) is 23.0 Å². The van der Waals surface area contributed by atoms with Crippen LogP contribution in [-0.4, -0.2) is 55.4 Å². The fraction of sp³-hybridized carbons (Fsp3) is 0.824. The normalized spacial score (nSPS) is 25.2. The summed E-state index contributed by atoms with van der Waals surface area (Å²) in [7, 11) is -3.61. The first kappa shape index (κ1) is 18.8. The molecule has 1 atom stereocenters. The Morgan fingerprint density at radius 2 is 2.00 bits per heavy atom. The maximum absolute atomic E-state index is 12.9. The number of aryl methyl sites for hydroxylation is 2. The van der Waals surface area contributed by atoms with E-state index in [2.05, 4.69) is 5.16 Å². The maximum atomic E-state index is 12.9. The highest BCUT2D eigenvalue weighted by Crippen LogP contribution is 2.39. The van der Waals surface area contributed by atoms with Gasteiger partial charge in [0.25, 0.3) is 0 Å². The van der Waals surface area contributed by atoms with E-state index in [1.807, 2.05) is 0 Å². The number of hydrogen-bond donors (Lipinski definition) is 1. The number of sulfonamides is 1. The van der Waals surface area contributed by atoms with Crippen LogP contribution in [0.4, 0.5) is 0 Å². The average molecular weight is 372 g/mol. The topological polar surface area (TPSA) is 92.9 Å². The zero-order valence-corrected chi connectivity index (χ0v) is 15.8. The van der Waals surface area contributed by atoms with Crippen LogP contribution >= 0.6 is 0 Å². The Morgan fingerprint density at radius 1 is 1.28 bits per heavy atom. The molecule has 1 aromatic rings. The van der Waals surface area contributed by atoms with Crippen molar-refractivity contribution < 1.29 is 22.8 Å². The minimum atomic E-state index is -3.61. The molecular weight excluding hydrogens is 344 g/mol. The number of aliphatic hydroxyl groups is 1. The number of nitrogens with zero attached hydrogens (tertiary/aromatic N) is 2. The fourth-order valence-corrected chi connectivity index (χ4v) is 5.78. The smallest absolute Gasteiger partial charge is 0.248 e. The third-order valence-corrected chi connectivity index (χ3v) is 7.76. The molecule has 0 aliphatic carbocycles. The summed E-state index contributed by atoms with van der Waals surface area (Å²) < 4.78 is 38.2. The SMILES string of the molecule is Cc1noc(C)c1S(=O)(=O)N1CCC(CO)(CC2CCCCO2)CC1. The Bertz CT molecular complexity index is 666. The summed E-state index contributed by atoms with van der Waals surface area (Å²) in [6.45, 7) is 4.94. The van der Waals surface area contributed by atoms with Crippen molar-refractivity contribution in [2.45, 2.75) is 63.4 Å². The van der Waals surface area contributed by atoms with Gasteiger partial charge < -0.3 is 14.4 Å². The fourth-order valence-electron chi connectivity index (χ4n) is 4.05. The van der Waals surface area contributed by atoms with Crippen LogP contribution in [0.1, 0.15) is 50.0 Å². The molecule has 0 radical (unpaired) electrons. The summed E-state index contributed by atoms with van der Waals surface area (Å²) in [6, 6.07) is 0. The third kappa shape index (κ3) is 3.77. The first-order valence-electron chi connectivity index (χ1n) is 9.03. The van der Waals surface area contributed by atoms with Crippen molar-refractivity contribution in [2.24, 2.45) is 5.41 Å². The Hall–Kier alpha value is -0.960. The van der Waals surface area contributed by atoms with Gasteiger partial charge in [-0.2, -0.15) is 4.31 Å². The molecule has 0 amide bonds. The van der Waals surface area contributed by atoms with Crippen molar-refractivity contribution >= 4 is 10.0 Å². The lowest BCUT2D eigenvalue weighted by Gasteiger charge is -2.42. The van der Waals surface area contributed by atoms with Crippen LogP contribution in [0.5, 0.6) is 0 Å². The molecule has 142 valence electrons. The minimum absolute atomic E-state index is 0.0755. The Kier molecular flexibility index (Phi) is 5.53. The van der Waals surface area contributed by atoms with Gasteiger partial charge in [-0.25, -0.2) is 8.42 Å². The van der Waals surface area contributed by atoms with E-state index < -0.39 is 10.0 Å². The lowest BCUT2D eigenvalue weighted by molar-refractivity contribution is -0.0421. The van der Waals surface area contributed by atoms with Crippen LogP contribution in [0.2, 0.25) is 0 Å². The summed E-state index contributed by atoms with van der Waals surface area (Å²) in [5.41, 5.74) is 0.152. The quantitative estimate of drug-likeness (QED) is 0.850. The number of hydrogen-bond acceptors (Lipinski definition) is 6. The second-order valence-corrected chi connectivity index (χ2v) is 9.28. The van der Waals surface area contributed by atoms with Gasteiger partial charge in [0.2, 0.25) is 10.0 Å². The highest BCUT2D eigenvalue weighted by atomic mass is 32.2. The summed E-state index contributed by atoms with van der Waals surface area (Å²) >= 11 is 0. The summed E-state index contributed by atoms with van der Waals surface area (Å²) in [5, 5.41) is 13.7. The van der Waals surface area contributed by atoms with E-state index in [9.17, 15) is 13.5 Å². The van der Waals surface area contributed by atoms with Crippen LogP contribution in [0.3, 0.4) is 0 Å². The zero-order chi connectivity index (χ0) is 18.1. The molecule has 0 aromatic carbocycles. The second-order valence-electron chi connectivity index (χ2n) is 7.41. The molecule has 25 heavy (non-hydrogen) atoms. The Morgan fingerprint density at radius 3 is 2.52 bits per heavy atom. The molecule has 0 bridgehead atoms. The molecule has 2 aliphatic rings. The predicted octanol–water partition coefficient (Wildman–Crippen LogP) is 2.01. The van der Waals surface area contributed by atoms with E-state index in [4.69, 9.17) is 9.26 Å². The van der Waals surface area contributed by atoms with Crippen molar-refractivity contribution in [3.05, 3.63) is 11.5 Å². The van der Waals surface area contributed by atoms with Gasteiger partial charge in [-0.05, 0) is 57.8 Å². The summed E-state index contributed by atoms with van der Waals surface area (Å²) in [5.74, 6) is 0.326. The van der Waals surface area contributed by atoms with E-state index in [0.717, 1.165) is 25.9 Å². The molecule has 3 rings (SSSR count). The number of aliphatic hydroxyl groups excluding tert-OH is 1. The van der Waals surface area contributed by atoms with Crippen molar-refractivity contribution in [3.63, 3.8) is 0 Å². The summed E-state index contributed by atoms with van der Waals surface area (Å²) in [6.07, 6.45) is 5.58. The molecule has 2 aliphatic heterocycles. The molecule has 1 aromatic heterocycles. The Balaban J connectivity index is 1.69. The number of piperidine rings is 1. The van der Waals surface area contributed by atoms with Crippen molar-refractivity contribution in [1.82, 2.24) is 9.46 Å². The molecule has 1 N–H and O–H groups in total. The molecule has 2 fully saturated rings. The van der Waals surface area contributed by atoms with Gasteiger partial charge in [-0.1, -0.05) is 5.16 Å². The average Bonchev–Trinajstić information content (AvgIpc) is 2.95. The minimum Gasteiger partial charge on any atom is -0.396 e. The number of ether oxygens (including phenoxy) is 1. The summed E-state index contributed by atoms with van der Waals surface area (Å²) in [4.78, 5) is 0.180. The number of aromatic nitrogens is 1. The molecular formula is C17H28N2O5S. The standard InChI is InChI=1S/C17H28N2O5S/c1-13-16(14(2)24-18-13)25(21,22)19-8-6-17(12-20,7-9-19)11-15-5-3-4-10-23-15/h15,20H,3-12H2,1-2H3. The monoisotopic (exact) mass is 372 g/mol. The van der Waals surface area contributed by atoms with E-state index in [1.165, 1.54) is 10.7 Å². The van der Waals surface area contributed by atoms with E-state index in [1.54, 1.807) is 13.8 Å². The molecule has 7 nitrogen and oxygen atoms in total. The highest BCUT2D eigenvalue weighted by Gasteiger charge is 2.41. The van der Waals surface area contributed by atoms with Crippen molar-refractivity contribution in [2.75, 3.05) is 26.3 Å². The largest absolute Gasteiger partial charge is 0.396 e. The van der Waals surface area contributed by atoms with Gasteiger partial charge in [0.05, 0.1) is 6.10 Å². The predicted molar refractivity (Wildman–Crippen MR) is 91.7 cm³/mol. The van der Waals surface area contributed by atoms with E-state index >= 15 is 0 Å². The molecule has 0 saturated carbocycles. The van der Waals surface area contributed by atoms with Gasteiger partial charge >= 0.3 is 0 Å². The molecule has 8 heteroatoms. The first-order valence-corrected chi connectivity index (χ1v) is 10.5. The van der Waals surface area contributed by atoms with Crippen LogP contribution in [0.15, 0.2) is 9.42 Å². The Labute approximate surface area is 149 Å². The van der Waals surface area contributed by atoms with Crippen LogP contribution in [0.25, 0.3) is 0 Å². The molecule has 1 unspecified atom stereocenters. The third-order valence-electron chi connectivity index (χ3n) is 5.62. The molecule has 0 spiro atoms. The maximum Gasteiger partial charge on any atom is 0.248 e.